The lowest BCUT2D eigenvalue weighted by Gasteiger charge is -2.16. The van der Waals surface area contributed by atoms with Gasteiger partial charge in [0.1, 0.15) is 0 Å². The summed E-state index contributed by atoms with van der Waals surface area (Å²) in [6, 6.07) is 11.2. The van der Waals surface area contributed by atoms with E-state index in [1.54, 1.807) is 27.4 Å². The highest BCUT2D eigenvalue weighted by Gasteiger charge is 2.16. The Balaban J connectivity index is 1.98. The zero-order valence-electron chi connectivity index (χ0n) is 14.6. The second-order valence-electron chi connectivity index (χ2n) is 5.36. The van der Waals surface area contributed by atoms with Crippen molar-refractivity contribution in [3.8, 4) is 17.2 Å². The number of rotatable bonds is 8. The lowest BCUT2D eigenvalue weighted by molar-refractivity contribution is -0.121. The third kappa shape index (κ3) is 4.79. The summed E-state index contributed by atoms with van der Waals surface area (Å²) < 4.78 is 16.0. The maximum Gasteiger partial charge on any atom is 0.220 e. The van der Waals surface area contributed by atoms with Crippen molar-refractivity contribution >= 4 is 17.5 Å². The molecular weight excluding hydrogens is 342 g/mol. The van der Waals surface area contributed by atoms with E-state index in [2.05, 4.69) is 5.32 Å². The van der Waals surface area contributed by atoms with E-state index >= 15 is 0 Å². The second-order valence-corrected chi connectivity index (χ2v) is 5.77. The number of aryl methyl sites for hydroxylation is 1. The number of carbonyl (C=O) groups is 1. The monoisotopic (exact) mass is 363 g/mol. The molecule has 0 atom stereocenters. The van der Waals surface area contributed by atoms with Gasteiger partial charge in [-0.25, -0.2) is 0 Å². The lowest BCUT2D eigenvalue weighted by Crippen LogP contribution is -2.23. The van der Waals surface area contributed by atoms with E-state index in [4.69, 9.17) is 25.8 Å². The van der Waals surface area contributed by atoms with Crippen LogP contribution < -0.4 is 19.5 Å². The standard InChI is InChI=1S/C19H22ClNO4/c1-23-16-10-8-14(18(24-2)19(16)25-3)12-21-17(22)11-9-13-6-4-5-7-15(13)20/h4-8,10H,9,11-12H2,1-3H3,(H,21,22). The number of hydrogen-bond acceptors (Lipinski definition) is 4. The molecule has 25 heavy (non-hydrogen) atoms. The topological polar surface area (TPSA) is 56.8 Å². The van der Waals surface area contributed by atoms with Crippen LogP contribution in [0.2, 0.25) is 5.02 Å². The summed E-state index contributed by atoms with van der Waals surface area (Å²) in [6.45, 7) is 0.338. The van der Waals surface area contributed by atoms with Crippen LogP contribution in [0.15, 0.2) is 36.4 Å². The molecule has 0 aliphatic carbocycles. The Hall–Kier alpha value is -2.40. The van der Waals surface area contributed by atoms with Crippen molar-refractivity contribution in [2.24, 2.45) is 0 Å². The number of halogens is 1. The zero-order chi connectivity index (χ0) is 18.2. The smallest absolute Gasteiger partial charge is 0.220 e. The van der Waals surface area contributed by atoms with E-state index in [0.717, 1.165) is 11.1 Å². The highest BCUT2D eigenvalue weighted by molar-refractivity contribution is 6.31. The van der Waals surface area contributed by atoms with Crippen molar-refractivity contribution in [2.75, 3.05) is 21.3 Å². The third-order valence-corrected chi connectivity index (χ3v) is 4.21. The predicted molar refractivity (Wildman–Crippen MR) is 97.7 cm³/mol. The molecule has 0 fully saturated rings. The molecule has 0 aliphatic rings. The molecule has 0 heterocycles. The number of benzene rings is 2. The molecular formula is C19H22ClNO4. The molecule has 0 unspecified atom stereocenters. The van der Waals surface area contributed by atoms with Crippen molar-refractivity contribution < 1.29 is 19.0 Å². The molecule has 2 aromatic rings. The Bertz CT molecular complexity index is 733. The highest BCUT2D eigenvalue weighted by atomic mass is 35.5. The summed E-state index contributed by atoms with van der Waals surface area (Å²) >= 11 is 6.11. The summed E-state index contributed by atoms with van der Waals surface area (Å²) in [6.07, 6.45) is 0.952. The fraction of sp³-hybridized carbons (Fsp3) is 0.316. The van der Waals surface area contributed by atoms with Gasteiger partial charge in [0.2, 0.25) is 11.7 Å². The Morgan fingerprint density at radius 3 is 2.32 bits per heavy atom. The van der Waals surface area contributed by atoms with E-state index in [1.807, 2.05) is 30.3 Å². The zero-order valence-corrected chi connectivity index (χ0v) is 15.4. The van der Waals surface area contributed by atoms with E-state index in [-0.39, 0.29) is 5.91 Å². The van der Waals surface area contributed by atoms with E-state index in [9.17, 15) is 4.79 Å². The minimum absolute atomic E-state index is 0.0586. The van der Waals surface area contributed by atoms with Crippen molar-refractivity contribution in [1.29, 1.82) is 0 Å². The van der Waals surface area contributed by atoms with Crippen LogP contribution in [0.25, 0.3) is 0 Å². The molecule has 2 aromatic carbocycles. The second kappa shape index (κ2) is 9.18. The first kappa shape index (κ1) is 18.9. The molecule has 0 saturated heterocycles. The van der Waals surface area contributed by atoms with Gasteiger partial charge in [-0.1, -0.05) is 29.8 Å². The van der Waals surface area contributed by atoms with Crippen LogP contribution in [-0.4, -0.2) is 27.2 Å². The van der Waals surface area contributed by atoms with Crippen LogP contribution in [0.4, 0.5) is 0 Å². The quantitative estimate of drug-likeness (QED) is 0.778. The molecule has 0 radical (unpaired) electrons. The summed E-state index contributed by atoms with van der Waals surface area (Å²) in [5.41, 5.74) is 1.77. The van der Waals surface area contributed by atoms with Crippen LogP contribution in [0, 0.1) is 0 Å². The normalized spacial score (nSPS) is 10.2. The molecule has 1 N–H and O–H groups in total. The van der Waals surface area contributed by atoms with Gasteiger partial charge in [0, 0.05) is 23.6 Å². The molecule has 134 valence electrons. The molecule has 0 spiro atoms. The van der Waals surface area contributed by atoms with Crippen molar-refractivity contribution in [3.63, 3.8) is 0 Å². The molecule has 6 heteroatoms. The van der Waals surface area contributed by atoms with Gasteiger partial charge in [0.15, 0.2) is 11.5 Å². The van der Waals surface area contributed by atoms with Gasteiger partial charge in [-0.15, -0.1) is 0 Å². The van der Waals surface area contributed by atoms with Gasteiger partial charge >= 0.3 is 0 Å². The number of amides is 1. The lowest BCUT2D eigenvalue weighted by atomic mass is 10.1. The van der Waals surface area contributed by atoms with Gasteiger partial charge in [-0.2, -0.15) is 0 Å². The maximum atomic E-state index is 12.1. The Labute approximate surface area is 152 Å². The number of methoxy groups -OCH3 is 3. The summed E-state index contributed by atoms with van der Waals surface area (Å²) in [7, 11) is 4.67. The van der Waals surface area contributed by atoms with E-state index in [1.165, 1.54) is 0 Å². The van der Waals surface area contributed by atoms with Crippen molar-refractivity contribution in [2.45, 2.75) is 19.4 Å². The Morgan fingerprint density at radius 1 is 0.960 bits per heavy atom. The number of hydrogen-bond donors (Lipinski definition) is 1. The SMILES string of the molecule is COc1ccc(CNC(=O)CCc2ccccc2Cl)c(OC)c1OC. The molecule has 0 bridgehead atoms. The van der Waals surface area contributed by atoms with Crippen LogP contribution in [0.3, 0.4) is 0 Å². The average molecular weight is 364 g/mol. The number of carbonyl (C=O) groups excluding carboxylic acids is 1. The summed E-state index contributed by atoms with van der Waals surface area (Å²) in [5.74, 6) is 1.57. The van der Waals surface area contributed by atoms with Crippen LogP contribution >= 0.6 is 11.6 Å². The van der Waals surface area contributed by atoms with Gasteiger partial charge in [-0.05, 0) is 30.2 Å². The van der Waals surface area contributed by atoms with Crippen molar-refractivity contribution in [1.82, 2.24) is 5.32 Å². The third-order valence-electron chi connectivity index (χ3n) is 3.84. The Kier molecular flexibility index (Phi) is 6.95. The number of nitrogens with one attached hydrogen (secondary N) is 1. The average Bonchev–Trinajstić information content (AvgIpc) is 2.64. The van der Waals surface area contributed by atoms with Gasteiger partial charge < -0.3 is 19.5 Å². The van der Waals surface area contributed by atoms with Crippen molar-refractivity contribution in [3.05, 3.63) is 52.5 Å². The summed E-state index contributed by atoms with van der Waals surface area (Å²) in [4.78, 5) is 12.1. The van der Waals surface area contributed by atoms with Crippen LogP contribution in [0.1, 0.15) is 17.5 Å². The maximum absolute atomic E-state index is 12.1. The van der Waals surface area contributed by atoms with Crippen LogP contribution in [0.5, 0.6) is 17.2 Å². The van der Waals surface area contributed by atoms with Gasteiger partial charge in [0.25, 0.3) is 0 Å². The minimum atomic E-state index is -0.0586. The largest absolute Gasteiger partial charge is 0.493 e. The first-order chi connectivity index (χ1) is 12.1. The summed E-state index contributed by atoms with van der Waals surface area (Å²) in [5, 5.41) is 3.57. The molecule has 0 saturated carbocycles. The Morgan fingerprint density at radius 2 is 1.68 bits per heavy atom. The molecule has 0 aliphatic heterocycles. The first-order valence-corrected chi connectivity index (χ1v) is 8.26. The first-order valence-electron chi connectivity index (χ1n) is 7.88. The molecule has 2 rings (SSSR count). The minimum Gasteiger partial charge on any atom is -0.493 e. The fourth-order valence-electron chi connectivity index (χ4n) is 2.53. The van der Waals surface area contributed by atoms with E-state index < -0.39 is 0 Å². The highest BCUT2D eigenvalue weighted by Crippen LogP contribution is 2.39. The van der Waals surface area contributed by atoms with Gasteiger partial charge in [0.05, 0.1) is 21.3 Å². The molecule has 5 nitrogen and oxygen atoms in total. The predicted octanol–water partition coefficient (Wildman–Crippen LogP) is 3.61. The fourth-order valence-corrected chi connectivity index (χ4v) is 2.76. The number of ether oxygens (including phenoxy) is 3. The van der Waals surface area contributed by atoms with Gasteiger partial charge in [-0.3, -0.25) is 4.79 Å². The van der Waals surface area contributed by atoms with E-state index in [0.29, 0.717) is 41.7 Å². The molecule has 1 amide bonds. The molecule has 0 aromatic heterocycles. The van der Waals surface area contributed by atoms with Crippen LogP contribution in [-0.2, 0) is 17.8 Å².